The fourth-order valence-electron chi connectivity index (χ4n) is 5.51. The van der Waals surface area contributed by atoms with E-state index in [0.717, 1.165) is 12.8 Å². The molecule has 7 rings (SSSR count). The van der Waals surface area contributed by atoms with E-state index in [1.807, 2.05) is 0 Å². The number of rotatable bonds is 5. The summed E-state index contributed by atoms with van der Waals surface area (Å²) in [5, 5.41) is 17.1. The molecule has 4 aliphatic carbocycles. The quantitative estimate of drug-likeness (QED) is 0.636. The average molecular weight is 458 g/mol. The van der Waals surface area contributed by atoms with Gasteiger partial charge in [-0.05, 0) is 50.3 Å². The molecule has 0 saturated heterocycles. The van der Waals surface area contributed by atoms with E-state index in [-0.39, 0.29) is 35.1 Å². The molecule has 1 aromatic carbocycles. The first-order valence-corrected chi connectivity index (χ1v) is 11.5. The number of carbonyl (C=O) groups is 2. The van der Waals surface area contributed by atoms with Crippen LogP contribution in [0.5, 0.6) is 5.75 Å². The highest BCUT2D eigenvalue weighted by atomic mass is 35.5. The summed E-state index contributed by atoms with van der Waals surface area (Å²) in [6, 6.07) is 5.00. The highest BCUT2D eigenvalue weighted by molar-refractivity contribution is 6.30. The molecular formula is C23H24ClN3O5. The summed E-state index contributed by atoms with van der Waals surface area (Å²) >= 11 is 5.99. The lowest BCUT2D eigenvalue weighted by molar-refractivity contribution is -0.147. The van der Waals surface area contributed by atoms with Crippen molar-refractivity contribution >= 4 is 23.4 Å². The van der Waals surface area contributed by atoms with Crippen LogP contribution in [0.15, 0.2) is 28.8 Å². The number of nitrogens with zero attached hydrogens (tertiary/aromatic N) is 1. The van der Waals surface area contributed by atoms with Crippen LogP contribution in [-0.2, 0) is 4.79 Å². The highest BCUT2D eigenvalue weighted by Gasteiger charge is 2.69. The van der Waals surface area contributed by atoms with Crippen LogP contribution in [0.1, 0.15) is 79.0 Å². The number of hydrogen-bond donors (Lipinski definition) is 3. The molecule has 0 radical (unpaired) electrons. The van der Waals surface area contributed by atoms with Crippen molar-refractivity contribution in [3.8, 4) is 5.75 Å². The molecule has 4 fully saturated rings. The SMILES string of the molecule is O=C(NC12CC(NC(=O)[C@H]3C[C@@H](O)c4cc(Cl)ccc4O3)(C1)C2)c1cnc(C2CCC2)o1. The van der Waals surface area contributed by atoms with Crippen molar-refractivity contribution in [1.29, 1.82) is 0 Å². The molecule has 1 aromatic heterocycles. The van der Waals surface area contributed by atoms with Crippen molar-refractivity contribution in [2.75, 3.05) is 0 Å². The molecule has 2 aromatic rings. The predicted molar refractivity (Wildman–Crippen MR) is 113 cm³/mol. The zero-order valence-electron chi connectivity index (χ0n) is 17.4. The number of halogens is 1. The van der Waals surface area contributed by atoms with Crippen molar-refractivity contribution in [1.82, 2.24) is 15.6 Å². The fourth-order valence-corrected chi connectivity index (χ4v) is 5.69. The number of oxazole rings is 1. The lowest BCUT2D eigenvalue weighted by Crippen LogP contribution is -2.84. The molecule has 5 aliphatic rings. The van der Waals surface area contributed by atoms with Crippen LogP contribution in [-0.4, -0.2) is 39.1 Å². The Hall–Kier alpha value is -2.58. The van der Waals surface area contributed by atoms with Crippen LogP contribution in [0.2, 0.25) is 5.02 Å². The Balaban J connectivity index is 1.03. The molecule has 168 valence electrons. The number of fused-ring (bicyclic) bond motifs is 1. The maximum Gasteiger partial charge on any atom is 0.289 e. The molecule has 32 heavy (non-hydrogen) atoms. The molecule has 1 aliphatic heterocycles. The third-order valence-electron chi connectivity index (χ3n) is 7.33. The second-order valence-corrected chi connectivity index (χ2v) is 10.2. The molecule has 3 N–H and O–H groups in total. The maximum absolute atomic E-state index is 12.8. The number of benzene rings is 1. The fraction of sp³-hybridized carbons (Fsp3) is 0.522. The predicted octanol–water partition coefficient (Wildman–Crippen LogP) is 3.00. The standard InChI is InChI=1S/C23H24ClN3O5/c24-13-4-5-16-14(6-13)15(28)7-17(31-16)19(29)26-22-9-23(10-22,11-22)27-20(30)18-8-25-21(32-18)12-2-1-3-12/h4-6,8,12,15,17,28H,1-3,7,9-11H2,(H,26,29)(H,27,30)/t15-,17-,22?,23?/m1/s1. The Kier molecular flexibility index (Phi) is 4.36. The lowest BCUT2D eigenvalue weighted by atomic mass is 9.44. The summed E-state index contributed by atoms with van der Waals surface area (Å²) < 4.78 is 11.5. The summed E-state index contributed by atoms with van der Waals surface area (Å²) in [6.07, 6.45) is 5.42. The highest BCUT2D eigenvalue weighted by Crippen LogP contribution is 2.60. The second-order valence-electron chi connectivity index (χ2n) is 9.77. The molecule has 9 heteroatoms. The largest absolute Gasteiger partial charge is 0.480 e. The van der Waals surface area contributed by atoms with Crippen LogP contribution in [0.4, 0.5) is 0 Å². The smallest absolute Gasteiger partial charge is 0.289 e. The molecule has 2 heterocycles. The summed E-state index contributed by atoms with van der Waals surface area (Å²) in [5.41, 5.74) is -0.0248. The normalized spacial score (nSPS) is 32.4. The molecule has 4 saturated carbocycles. The van der Waals surface area contributed by atoms with Gasteiger partial charge in [-0.3, -0.25) is 9.59 Å². The van der Waals surface area contributed by atoms with Gasteiger partial charge in [0.2, 0.25) is 5.76 Å². The topological polar surface area (TPSA) is 114 Å². The van der Waals surface area contributed by atoms with Gasteiger partial charge in [-0.1, -0.05) is 18.0 Å². The monoisotopic (exact) mass is 457 g/mol. The van der Waals surface area contributed by atoms with Gasteiger partial charge in [-0.25, -0.2) is 4.98 Å². The molecular weight excluding hydrogens is 434 g/mol. The third-order valence-corrected chi connectivity index (χ3v) is 7.56. The number of ether oxygens (including phenoxy) is 1. The summed E-state index contributed by atoms with van der Waals surface area (Å²) in [6.45, 7) is 0. The van der Waals surface area contributed by atoms with Crippen LogP contribution in [0.25, 0.3) is 0 Å². The molecule has 2 bridgehead atoms. The van der Waals surface area contributed by atoms with Crippen molar-refractivity contribution in [2.45, 2.75) is 74.1 Å². The number of aromatic nitrogens is 1. The molecule has 2 amide bonds. The Bertz CT molecular complexity index is 1090. The van der Waals surface area contributed by atoms with Gasteiger partial charge in [0, 0.05) is 34.0 Å². The number of hydrogen-bond acceptors (Lipinski definition) is 6. The average Bonchev–Trinajstić information content (AvgIpc) is 3.13. The van der Waals surface area contributed by atoms with E-state index in [2.05, 4.69) is 15.6 Å². The molecule has 0 unspecified atom stereocenters. The van der Waals surface area contributed by atoms with Crippen molar-refractivity contribution < 1.29 is 23.8 Å². The van der Waals surface area contributed by atoms with E-state index < -0.39 is 12.2 Å². The van der Waals surface area contributed by atoms with Gasteiger partial charge in [0.15, 0.2) is 12.0 Å². The van der Waals surface area contributed by atoms with Gasteiger partial charge in [-0.2, -0.15) is 0 Å². The van der Waals surface area contributed by atoms with Gasteiger partial charge >= 0.3 is 0 Å². The minimum absolute atomic E-state index is 0.173. The van der Waals surface area contributed by atoms with Gasteiger partial charge in [0.25, 0.3) is 11.8 Å². The van der Waals surface area contributed by atoms with E-state index in [4.69, 9.17) is 20.8 Å². The van der Waals surface area contributed by atoms with Crippen molar-refractivity contribution in [3.05, 3.63) is 46.6 Å². The Morgan fingerprint density at radius 1 is 1.16 bits per heavy atom. The minimum atomic E-state index is -0.807. The summed E-state index contributed by atoms with van der Waals surface area (Å²) in [7, 11) is 0. The zero-order chi connectivity index (χ0) is 22.1. The molecule has 2 atom stereocenters. The van der Waals surface area contributed by atoms with E-state index in [0.29, 0.717) is 47.4 Å². The van der Waals surface area contributed by atoms with E-state index in [1.54, 1.807) is 18.2 Å². The number of aliphatic hydroxyl groups excluding tert-OH is 1. The third kappa shape index (κ3) is 3.19. The van der Waals surface area contributed by atoms with Crippen LogP contribution >= 0.6 is 11.6 Å². The minimum Gasteiger partial charge on any atom is -0.480 e. The first-order valence-electron chi connectivity index (χ1n) is 11.1. The van der Waals surface area contributed by atoms with Gasteiger partial charge in [-0.15, -0.1) is 0 Å². The van der Waals surface area contributed by atoms with Crippen LogP contribution in [0, 0.1) is 0 Å². The van der Waals surface area contributed by atoms with Crippen molar-refractivity contribution in [2.24, 2.45) is 0 Å². The number of aliphatic hydroxyl groups is 1. The molecule has 0 spiro atoms. The number of carbonyl (C=O) groups excluding carboxylic acids is 2. The van der Waals surface area contributed by atoms with Crippen LogP contribution in [0.3, 0.4) is 0 Å². The van der Waals surface area contributed by atoms with E-state index >= 15 is 0 Å². The maximum atomic E-state index is 12.8. The Morgan fingerprint density at radius 3 is 2.62 bits per heavy atom. The number of amides is 2. The summed E-state index contributed by atoms with van der Waals surface area (Å²) in [4.78, 5) is 29.7. The second kappa shape index (κ2) is 6.96. The van der Waals surface area contributed by atoms with E-state index in [1.165, 1.54) is 12.6 Å². The van der Waals surface area contributed by atoms with E-state index in [9.17, 15) is 14.7 Å². The van der Waals surface area contributed by atoms with Crippen molar-refractivity contribution in [3.63, 3.8) is 0 Å². The van der Waals surface area contributed by atoms with Gasteiger partial charge in [0.1, 0.15) is 5.75 Å². The first kappa shape index (κ1) is 20.1. The Labute approximate surface area is 189 Å². The summed E-state index contributed by atoms with van der Waals surface area (Å²) in [5.74, 6) is 1.22. The zero-order valence-corrected chi connectivity index (χ0v) is 18.2. The van der Waals surface area contributed by atoms with Crippen LogP contribution < -0.4 is 15.4 Å². The van der Waals surface area contributed by atoms with Gasteiger partial charge in [0.05, 0.1) is 12.3 Å². The first-order chi connectivity index (χ1) is 15.3. The Morgan fingerprint density at radius 2 is 1.91 bits per heavy atom. The van der Waals surface area contributed by atoms with Gasteiger partial charge < -0.3 is 24.9 Å². The lowest BCUT2D eigenvalue weighted by Gasteiger charge is -2.70. The molecule has 8 nitrogen and oxygen atoms in total. The number of nitrogens with one attached hydrogen (secondary N) is 2.